The quantitative estimate of drug-likeness (QED) is 0.719. The molecule has 2 saturated heterocycles. The fourth-order valence-corrected chi connectivity index (χ4v) is 4.38. The molecule has 0 spiro atoms. The van der Waals surface area contributed by atoms with Crippen molar-refractivity contribution in [2.24, 2.45) is 0 Å². The van der Waals surface area contributed by atoms with E-state index in [9.17, 15) is 9.18 Å². The molecule has 33 heavy (non-hydrogen) atoms. The summed E-state index contributed by atoms with van der Waals surface area (Å²) in [6.45, 7) is 4.51. The highest BCUT2D eigenvalue weighted by Gasteiger charge is 2.35. The van der Waals surface area contributed by atoms with Crippen LogP contribution in [0, 0.1) is 5.82 Å². The van der Waals surface area contributed by atoms with Crippen molar-refractivity contribution in [1.82, 2.24) is 10.2 Å². The molecule has 2 fully saturated rings. The van der Waals surface area contributed by atoms with Gasteiger partial charge in [-0.2, -0.15) is 0 Å². The second-order valence-electron chi connectivity index (χ2n) is 8.52. The van der Waals surface area contributed by atoms with Crippen molar-refractivity contribution < 1.29 is 23.4 Å². The Balaban J connectivity index is 1.40. The molecule has 7 nitrogen and oxygen atoms in total. The first-order valence-corrected chi connectivity index (χ1v) is 11.4. The van der Waals surface area contributed by atoms with Crippen LogP contribution in [-0.4, -0.2) is 64.5 Å². The van der Waals surface area contributed by atoms with E-state index in [1.54, 1.807) is 19.1 Å². The van der Waals surface area contributed by atoms with Gasteiger partial charge in [-0.05, 0) is 35.4 Å². The Bertz CT molecular complexity index is 941. The summed E-state index contributed by atoms with van der Waals surface area (Å²) in [6, 6.07) is 12.4. The molecule has 0 bridgehead atoms. The van der Waals surface area contributed by atoms with Crippen LogP contribution in [0.3, 0.4) is 0 Å². The van der Waals surface area contributed by atoms with Gasteiger partial charge < -0.3 is 24.4 Å². The van der Waals surface area contributed by atoms with Crippen LogP contribution in [0.15, 0.2) is 42.5 Å². The highest BCUT2D eigenvalue weighted by atomic mass is 19.1. The van der Waals surface area contributed by atoms with E-state index in [1.807, 2.05) is 35.2 Å². The van der Waals surface area contributed by atoms with Crippen LogP contribution in [0.25, 0.3) is 0 Å². The Morgan fingerprint density at radius 2 is 1.85 bits per heavy atom. The zero-order valence-electron chi connectivity index (χ0n) is 19.3. The van der Waals surface area contributed by atoms with E-state index in [2.05, 4.69) is 5.32 Å². The van der Waals surface area contributed by atoms with E-state index >= 15 is 0 Å². The molecule has 0 saturated carbocycles. The fourth-order valence-electron chi connectivity index (χ4n) is 4.38. The van der Waals surface area contributed by atoms with Gasteiger partial charge in [0.15, 0.2) is 0 Å². The molecular weight excluding hydrogens is 425 g/mol. The maximum Gasteiger partial charge on any atom is 0.324 e. The smallest absolute Gasteiger partial charge is 0.324 e. The fraction of sp³-hybridized carbons (Fsp3) is 0.480. The van der Waals surface area contributed by atoms with E-state index in [0.717, 1.165) is 29.9 Å². The standard InChI is InChI=1S/C25H32FN3O4/c1-28(24(30)29-11-9-27-10-12-29)22-5-3-19(4-6-22)18-33-23-16-20(15-21(26)17-23)25(31-2)7-13-32-14-8-25/h3-6,15-17,27H,7-14,18H2,1-2H3. The summed E-state index contributed by atoms with van der Waals surface area (Å²) < 4.78 is 31.5. The largest absolute Gasteiger partial charge is 0.489 e. The van der Waals surface area contributed by atoms with E-state index in [1.165, 1.54) is 12.1 Å². The van der Waals surface area contributed by atoms with Crippen LogP contribution in [-0.2, 0) is 21.7 Å². The van der Waals surface area contributed by atoms with Crippen molar-refractivity contribution in [3.05, 3.63) is 59.4 Å². The second-order valence-corrected chi connectivity index (χ2v) is 8.52. The molecule has 178 valence electrons. The third-order valence-corrected chi connectivity index (χ3v) is 6.49. The molecule has 2 aromatic rings. The Labute approximate surface area is 194 Å². The van der Waals surface area contributed by atoms with Gasteiger partial charge in [-0.25, -0.2) is 9.18 Å². The summed E-state index contributed by atoms with van der Waals surface area (Å²) in [7, 11) is 3.44. The molecule has 8 heteroatoms. The number of benzene rings is 2. The molecule has 0 aliphatic carbocycles. The lowest BCUT2D eigenvalue weighted by atomic mass is 9.86. The maximum atomic E-state index is 14.4. The number of rotatable bonds is 6. The predicted molar refractivity (Wildman–Crippen MR) is 124 cm³/mol. The van der Waals surface area contributed by atoms with Gasteiger partial charge in [0.2, 0.25) is 0 Å². The topological polar surface area (TPSA) is 63.3 Å². The molecule has 0 atom stereocenters. The minimum atomic E-state index is -0.554. The zero-order valence-corrected chi connectivity index (χ0v) is 19.3. The number of urea groups is 1. The number of ether oxygens (including phenoxy) is 3. The van der Waals surface area contributed by atoms with Crippen LogP contribution in [0.2, 0.25) is 0 Å². The average molecular weight is 458 g/mol. The van der Waals surface area contributed by atoms with Gasteiger partial charge in [0.25, 0.3) is 0 Å². The van der Waals surface area contributed by atoms with E-state index in [4.69, 9.17) is 14.2 Å². The lowest BCUT2D eigenvalue weighted by molar-refractivity contribution is -0.0950. The lowest BCUT2D eigenvalue weighted by Gasteiger charge is -2.36. The van der Waals surface area contributed by atoms with Crippen molar-refractivity contribution in [2.45, 2.75) is 25.0 Å². The SMILES string of the molecule is COC1(c2cc(F)cc(OCc3ccc(N(C)C(=O)N4CCNCC4)cc3)c2)CCOCC1. The molecule has 2 aliphatic heterocycles. The number of nitrogens with one attached hydrogen (secondary N) is 1. The van der Waals surface area contributed by atoms with Crippen molar-refractivity contribution in [3.63, 3.8) is 0 Å². The van der Waals surface area contributed by atoms with Gasteiger partial charge in [0.1, 0.15) is 18.2 Å². The van der Waals surface area contributed by atoms with Crippen molar-refractivity contribution in [2.75, 3.05) is 58.5 Å². The summed E-state index contributed by atoms with van der Waals surface area (Å²) in [4.78, 5) is 16.2. The van der Waals surface area contributed by atoms with Crippen LogP contribution in [0.1, 0.15) is 24.0 Å². The Morgan fingerprint density at radius 3 is 2.52 bits per heavy atom. The highest BCUT2D eigenvalue weighted by Crippen LogP contribution is 2.37. The predicted octanol–water partition coefficient (Wildman–Crippen LogP) is 3.52. The number of halogens is 1. The average Bonchev–Trinajstić information content (AvgIpc) is 2.87. The van der Waals surface area contributed by atoms with E-state index < -0.39 is 5.60 Å². The Kier molecular flexibility index (Phi) is 7.47. The van der Waals surface area contributed by atoms with Crippen molar-refractivity contribution >= 4 is 11.7 Å². The summed E-state index contributed by atoms with van der Waals surface area (Å²) in [5, 5.41) is 3.25. The normalized spacial score (nSPS) is 18.1. The third kappa shape index (κ3) is 5.46. The summed E-state index contributed by atoms with van der Waals surface area (Å²) in [5.74, 6) is 0.108. The molecule has 0 unspecified atom stereocenters. The third-order valence-electron chi connectivity index (χ3n) is 6.49. The molecule has 2 heterocycles. The number of carbonyl (C=O) groups is 1. The highest BCUT2D eigenvalue weighted by molar-refractivity contribution is 5.91. The van der Waals surface area contributed by atoms with Crippen LogP contribution in [0.4, 0.5) is 14.9 Å². The molecule has 0 radical (unpaired) electrons. The molecule has 2 aromatic carbocycles. The van der Waals surface area contributed by atoms with Crippen LogP contribution in [0.5, 0.6) is 5.75 Å². The molecule has 2 aliphatic rings. The number of carbonyl (C=O) groups excluding carboxylic acids is 1. The summed E-state index contributed by atoms with van der Waals surface area (Å²) in [5.41, 5.74) is 1.96. The summed E-state index contributed by atoms with van der Waals surface area (Å²) in [6.07, 6.45) is 1.35. The molecule has 4 rings (SSSR count). The minimum absolute atomic E-state index is 0.00650. The van der Waals surface area contributed by atoms with Crippen LogP contribution >= 0.6 is 0 Å². The van der Waals surface area contributed by atoms with E-state index in [-0.39, 0.29) is 11.8 Å². The Morgan fingerprint density at radius 1 is 1.15 bits per heavy atom. The summed E-state index contributed by atoms with van der Waals surface area (Å²) >= 11 is 0. The molecule has 0 aromatic heterocycles. The first kappa shape index (κ1) is 23.5. The number of methoxy groups -OCH3 is 1. The maximum absolute atomic E-state index is 14.4. The zero-order chi connectivity index (χ0) is 23.3. The van der Waals surface area contributed by atoms with Gasteiger partial charge in [-0.1, -0.05) is 12.1 Å². The molecular formula is C25H32FN3O4. The minimum Gasteiger partial charge on any atom is -0.489 e. The first-order valence-electron chi connectivity index (χ1n) is 11.4. The van der Waals surface area contributed by atoms with Crippen molar-refractivity contribution in [1.29, 1.82) is 0 Å². The van der Waals surface area contributed by atoms with E-state index in [0.29, 0.717) is 51.5 Å². The number of anilines is 1. The van der Waals surface area contributed by atoms with Gasteiger partial charge in [0.05, 0.1) is 5.60 Å². The Hall–Kier alpha value is -2.68. The number of piperazine rings is 1. The number of amides is 2. The van der Waals surface area contributed by atoms with Gasteiger partial charge in [0, 0.05) is 78.1 Å². The number of hydrogen-bond acceptors (Lipinski definition) is 5. The van der Waals surface area contributed by atoms with Gasteiger partial charge in [-0.3, -0.25) is 4.90 Å². The lowest BCUT2D eigenvalue weighted by Crippen LogP contribution is -2.50. The van der Waals surface area contributed by atoms with Gasteiger partial charge in [-0.15, -0.1) is 0 Å². The molecule has 1 N–H and O–H groups in total. The first-order chi connectivity index (χ1) is 16.0. The van der Waals surface area contributed by atoms with Crippen molar-refractivity contribution in [3.8, 4) is 5.75 Å². The molecule has 2 amide bonds. The monoisotopic (exact) mass is 457 g/mol. The van der Waals surface area contributed by atoms with Gasteiger partial charge >= 0.3 is 6.03 Å². The second kappa shape index (κ2) is 10.5. The van der Waals surface area contributed by atoms with Crippen LogP contribution < -0.4 is 15.0 Å². The number of hydrogen-bond donors (Lipinski definition) is 1. The number of nitrogens with zero attached hydrogens (tertiary/aromatic N) is 2.